The zero-order valence-electron chi connectivity index (χ0n) is 10.6. The molecule has 0 saturated carbocycles. The molecular weight excluding hydrogens is 220 g/mol. The molecule has 1 heteroatoms. The van der Waals surface area contributed by atoms with Gasteiger partial charge >= 0.3 is 0 Å². The lowest BCUT2D eigenvalue weighted by Gasteiger charge is -2.31. The van der Waals surface area contributed by atoms with Crippen LogP contribution in [0.2, 0.25) is 0 Å². The maximum absolute atomic E-state index is 10.4. The Balaban J connectivity index is 2.17. The molecule has 0 aromatic heterocycles. The topological polar surface area (TPSA) is 20.2 Å². The van der Waals surface area contributed by atoms with Crippen LogP contribution in [0, 0.1) is 0 Å². The normalized spacial score (nSPS) is 15.9. The maximum Gasteiger partial charge on any atom is 0.0646 e. The van der Waals surface area contributed by atoms with Gasteiger partial charge in [-0.25, -0.2) is 0 Å². The van der Waals surface area contributed by atoms with Crippen molar-refractivity contribution in [1.82, 2.24) is 0 Å². The molecule has 2 aromatic rings. The van der Waals surface area contributed by atoms with Gasteiger partial charge in [0.25, 0.3) is 0 Å². The summed E-state index contributed by atoms with van der Waals surface area (Å²) in [5.41, 5.74) is 5.30. The summed E-state index contributed by atoms with van der Waals surface area (Å²) in [6.45, 7) is 2.05. The van der Waals surface area contributed by atoms with Crippen LogP contribution in [0.15, 0.2) is 48.5 Å². The second-order valence-electron chi connectivity index (χ2n) is 5.03. The van der Waals surface area contributed by atoms with Gasteiger partial charge in [0.05, 0.1) is 6.10 Å². The van der Waals surface area contributed by atoms with E-state index in [1.165, 1.54) is 22.3 Å². The summed E-state index contributed by atoms with van der Waals surface area (Å²) < 4.78 is 0. The molecule has 0 spiro atoms. The van der Waals surface area contributed by atoms with Crippen molar-refractivity contribution < 1.29 is 5.11 Å². The number of hydrogen-bond acceptors (Lipinski definition) is 1. The van der Waals surface area contributed by atoms with E-state index in [0.717, 1.165) is 12.8 Å². The zero-order chi connectivity index (χ0) is 12.5. The lowest BCUT2D eigenvalue weighted by atomic mass is 9.75. The Morgan fingerprint density at radius 3 is 2.00 bits per heavy atom. The Hall–Kier alpha value is -1.60. The zero-order valence-corrected chi connectivity index (χ0v) is 10.6. The Morgan fingerprint density at radius 1 is 1.00 bits per heavy atom. The standard InChI is InChI=1S/C17H18O/c1-2-16(18)17-14-9-5-3-7-12(14)11-13-8-4-6-10-15(13)17/h3-10,16-18H,2,11H2,1H3/t16-/m1/s1. The Morgan fingerprint density at radius 2 is 1.50 bits per heavy atom. The first-order valence-electron chi connectivity index (χ1n) is 6.65. The molecule has 0 radical (unpaired) electrons. The highest BCUT2D eigenvalue weighted by Gasteiger charge is 2.29. The molecule has 0 fully saturated rings. The third-order valence-corrected chi connectivity index (χ3v) is 3.96. The molecule has 0 aliphatic heterocycles. The van der Waals surface area contributed by atoms with Gasteiger partial charge < -0.3 is 5.11 Å². The lowest BCUT2D eigenvalue weighted by Crippen LogP contribution is -2.24. The van der Waals surface area contributed by atoms with Crippen molar-refractivity contribution in [3.8, 4) is 0 Å². The van der Waals surface area contributed by atoms with Gasteiger partial charge in [-0.05, 0) is 35.1 Å². The van der Waals surface area contributed by atoms with Crippen LogP contribution in [0.25, 0.3) is 0 Å². The number of benzene rings is 2. The molecule has 1 atom stereocenters. The molecule has 0 unspecified atom stereocenters. The van der Waals surface area contributed by atoms with Crippen LogP contribution in [-0.4, -0.2) is 11.2 Å². The van der Waals surface area contributed by atoms with E-state index in [9.17, 15) is 5.11 Å². The maximum atomic E-state index is 10.4. The van der Waals surface area contributed by atoms with Crippen molar-refractivity contribution in [3.05, 3.63) is 70.8 Å². The Kier molecular flexibility index (Phi) is 2.92. The minimum absolute atomic E-state index is 0.135. The molecule has 3 rings (SSSR count). The third kappa shape index (κ3) is 1.75. The highest BCUT2D eigenvalue weighted by molar-refractivity contribution is 5.49. The molecule has 1 N–H and O–H groups in total. The highest BCUT2D eigenvalue weighted by Crippen LogP contribution is 2.39. The first kappa shape index (κ1) is 11.5. The lowest BCUT2D eigenvalue weighted by molar-refractivity contribution is 0.151. The van der Waals surface area contributed by atoms with Crippen LogP contribution < -0.4 is 0 Å². The average molecular weight is 238 g/mol. The van der Waals surface area contributed by atoms with Crippen molar-refractivity contribution in [2.75, 3.05) is 0 Å². The van der Waals surface area contributed by atoms with Gasteiger partial charge in [0.15, 0.2) is 0 Å². The fraction of sp³-hybridized carbons (Fsp3) is 0.294. The summed E-state index contributed by atoms with van der Waals surface area (Å²) >= 11 is 0. The minimum Gasteiger partial charge on any atom is -0.392 e. The van der Waals surface area contributed by atoms with Gasteiger partial charge in [0, 0.05) is 5.92 Å². The Labute approximate surface area is 108 Å². The van der Waals surface area contributed by atoms with Gasteiger partial charge in [-0.2, -0.15) is 0 Å². The van der Waals surface area contributed by atoms with Gasteiger partial charge in [-0.15, -0.1) is 0 Å². The van der Waals surface area contributed by atoms with Crippen molar-refractivity contribution in [3.63, 3.8) is 0 Å². The second kappa shape index (κ2) is 4.58. The summed E-state index contributed by atoms with van der Waals surface area (Å²) in [5.74, 6) is 0.135. The summed E-state index contributed by atoms with van der Waals surface area (Å²) in [4.78, 5) is 0. The largest absolute Gasteiger partial charge is 0.392 e. The monoisotopic (exact) mass is 238 g/mol. The molecule has 0 saturated heterocycles. The summed E-state index contributed by atoms with van der Waals surface area (Å²) in [5, 5.41) is 10.4. The van der Waals surface area contributed by atoms with Crippen LogP contribution in [0.4, 0.5) is 0 Å². The smallest absolute Gasteiger partial charge is 0.0646 e. The molecule has 0 amide bonds. The molecule has 1 aliphatic carbocycles. The van der Waals surface area contributed by atoms with E-state index in [4.69, 9.17) is 0 Å². The average Bonchev–Trinajstić information content (AvgIpc) is 2.44. The van der Waals surface area contributed by atoms with Crippen LogP contribution in [-0.2, 0) is 6.42 Å². The van der Waals surface area contributed by atoms with Gasteiger partial charge in [0.1, 0.15) is 0 Å². The third-order valence-electron chi connectivity index (χ3n) is 3.96. The van der Waals surface area contributed by atoms with E-state index in [1.54, 1.807) is 0 Å². The van der Waals surface area contributed by atoms with E-state index in [2.05, 4.69) is 48.5 Å². The number of fused-ring (bicyclic) bond motifs is 2. The number of rotatable bonds is 2. The van der Waals surface area contributed by atoms with Crippen LogP contribution >= 0.6 is 0 Å². The molecule has 18 heavy (non-hydrogen) atoms. The molecule has 1 aliphatic rings. The predicted molar refractivity (Wildman–Crippen MR) is 73.8 cm³/mol. The van der Waals surface area contributed by atoms with Crippen molar-refractivity contribution in [2.45, 2.75) is 31.8 Å². The van der Waals surface area contributed by atoms with E-state index in [1.807, 2.05) is 6.92 Å². The molecule has 1 nitrogen and oxygen atoms in total. The fourth-order valence-electron chi connectivity index (χ4n) is 3.02. The molecule has 0 heterocycles. The first-order valence-corrected chi connectivity index (χ1v) is 6.65. The SMILES string of the molecule is CC[C@@H](O)C1c2ccccc2Cc2ccccc21. The molecule has 2 aromatic carbocycles. The summed E-state index contributed by atoms with van der Waals surface area (Å²) in [6, 6.07) is 17.0. The van der Waals surface area contributed by atoms with Gasteiger partial charge in [-0.1, -0.05) is 55.5 Å². The minimum atomic E-state index is -0.299. The van der Waals surface area contributed by atoms with Crippen molar-refractivity contribution in [2.24, 2.45) is 0 Å². The van der Waals surface area contributed by atoms with Gasteiger partial charge in [0.2, 0.25) is 0 Å². The van der Waals surface area contributed by atoms with Crippen LogP contribution in [0.3, 0.4) is 0 Å². The van der Waals surface area contributed by atoms with Crippen LogP contribution in [0.1, 0.15) is 41.5 Å². The molecular formula is C17H18O. The van der Waals surface area contributed by atoms with Crippen molar-refractivity contribution >= 4 is 0 Å². The second-order valence-corrected chi connectivity index (χ2v) is 5.03. The van der Waals surface area contributed by atoms with E-state index < -0.39 is 0 Å². The molecule has 0 bridgehead atoms. The Bertz CT molecular complexity index is 514. The highest BCUT2D eigenvalue weighted by atomic mass is 16.3. The number of hydrogen-bond donors (Lipinski definition) is 1. The van der Waals surface area contributed by atoms with E-state index in [0.29, 0.717) is 0 Å². The van der Waals surface area contributed by atoms with Crippen molar-refractivity contribution in [1.29, 1.82) is 0 Å². The number of aliphatic hydroxyl groups is 1. The van der Waals surface area contributed by atoms with Gasteiger partial charge in [-0.3, -0.25) is 0 Å². The first-order chi connectivity index (χ1) is 8.81. The van der Waals surface area contributed by atoms with E-state index in [-0.39, 0.29) is 12.0 Å². The van der Waals surface area contributed by atoms with Crippen LogP contribution in [0.5, 0.6) is 0 Å². The quantitative estimate of drug-likeness (QED) is 0.849. The summed E-state index contributed by atoms with van der Waals surface area (Å²) in [7, 11) is 0. The fourth-order valence-corrected chi connectivity index (χ4v) is 3.02. The summed E-state index contributed by atoms with van der Waals surface area (Å²) in [6.07, 6.45) is 1.47. The predicted octanol–water partition coefficient (Wildman–Crippen LogP) is 3.49. The molecule has 92 valence electrons. The van der Waals surface area contributed by atoms with E-state index >= 15 is 0 Å². The number of aliphatic hydroxyl groups excluding tert-OH is 1.